The van der Waals surface area contributed by atoms with Crippen molar-refractivity contribution in [2.45, 2.75) is 18.3 Å². The number of benzene rings is 2. The van der Waals surface area contributed by atoms with E-state index in [0.29, 0.717) is 5.69 Å². The standard InChI is InChI=1S/C21H17F4N5O2/c22-13-2-4-14(5-3-13)28-19(31)17-9-27-10-18-20(32)29(11-30(17)18)15-6-1-12(8-26)16(7-15)21(23,24)25/h1-7,17-18,27H,9-11H2,(H,28,31). The molecule has 2 aliphatic rings. The molecule has 2 amide bonds. The number of nitrogens with zero attached hydrogens (tertiary/aromatic N) is 3. The predicted octanol–water partition coefficient (Wildman–Crippen LogP) is 2.30. The number of nitriles is 1. The van der Waals surface area contributed by atoms with Crippen molar-refractivity contribution in [2.24, 2.45) is 0 Å². The number of halogens is 4. The Kier molecular flexibility index (Phi) is 5.58. The minimum Gasteiger partial charge on any atom is -0.325 e. The van der Waals surface area contributed by atoms with E-state index in [0.717, 1.165) is 12.1 Å². The van der Waals surface area contributed by atoms with Crippen molar-refractivity contribution < 1.29 is 27.2 Å². The maximum atomic E-state index is 13.3. The molecule has 2 atom stereocenters. The number of hydrogen-bond donors (Lipinski definition) is 2. The summed E-state index contributed by atoms with van der Waals surface area (Å²) in [6, 6.07) is 8.28. The Morgan fingerprint density at radius 1 is 1.16 bits per heavy atom. The van der Waals surface area contributed by atoms with E-state index in [1.54, 1.807) is 4.90 Å². The monoisotopic (exact) mass is 447 g/mol. The number of amides is 2. The van der Waals surface area contributed by atoms with Crippen LogP contribution in [0.3, 0.4) is 0 Å². The molecule has 4 rings (SSSR count). The van der Waals surface area contributed by atoms with E-state index in [2.05, 4.69) is 10.6 Å². The number of alkyl halides is 3. The van der Waals surface area contributed by atoms with Crippen LogP contribution in [0.15, 0.2) is 42.5 Å². The molecule has 2 fully saturated rings. The van der Waals surface area contributed by atoms with Crippen molar-refractivity contribution in [1.29, 1.82) is 5.26 Å². The highest BCUT2D eigenvalue weighted by atomic mass is 19.4. The zero-order chi connectivity index (χ0) is 23.0. The molecule has 7 nitrogen and oxygen atoms in total. The lowest BCUT2D eigenvalue weighted by Gasteiger charge is -2.34. The summed E-state index contributed by atoms with van der Waals surface area (Å²) in [5.41, 5.74) is -1.29. The number of carbonyl (C=O) groups excluding carboxylic acids is 2. The summed E-state index contributed by atoms with van der Waals surface area (Å²) in [7, 11) is 0. The fourth-order valence-corrected chi connectivity index (χ4v) is 3.89. The summed E-state index contributed by atoms with van der Waals surface area (Å²) in [4.78, 5) is 28.5. The third kappa shape index (κ3) is 4.02. The van der Waals surface area contributed by atoms with Crippen LogP contribution in [0, 0.1) is 17.1 Å². The van der Waals surface area contributed by atoms with Crippen molar-refractivity contribution in [3.63, 3.8) is 0 Å². The molecule has 0 spiro atoms. The zero-order valence-corrected chi connectivity index (χ0v) is 16.5. The molecular weight excluding hydrogens is 430 g/mol. The lowest BCUT2D eigenvalue weighted by Crippen LogP contribution is -2.60. The molecule has 0 bridgehead atoms. The van der Waals surface area contributed by atoms with Crippen LogP contribution in [0.4, 0.5) is 28.9 Å². The first-order valence-electron chi connectivity index (χ1n) is 9.64. The second kappa shape index (κ2) is 8.22. The van der Waals surface area contributed by atoms with Gasteiger partial charge in [0.05, 0.1) is 23.9 Å². The quantitative estimate of drug-likeness (QED) is 0.705. The van der Waals surface area contributed by atoms with E-state index in [4.69, 9.17) is 5.26 Å². The summed E-state index contributed by atoms with van der Waals surface area (Å²) in [5.74, 6) is -1.34. The van der Waals surface area contributed by atoms with Crippen molar-refractivity contribution in [2.75, 3.05) is 30.0 Å². The van der Waals surface area contributed by atoms with Crippen LogP contribution in [0.25, 0.3) is 0 Å². The summed E-state index contributed by atoms with van der Waals surface area (Å²) in [6.45, 7) is 0.375. The van der Waals surface area contributed by atoms with E-state index >= 15 is 0 Å². The van der Waals surface area contributed by atoms with E-state index in [9.17, 15) is 27.2 Å². The van der Waals surface area contributed by atoms with Crippen LogP contribution in [-0.4, -0.2) is 48.6 Å². The number of piperazine rings is 1. The number of anilines is 2. The number of fused-ring (bicyclic) bond motifs is 1. The highest BCUT2D eigenvalue weighted by Crippen LogP contribution is 2.36. The highest BCUT2D eigenvalue weighted by Gasteiger charge is 2.47. The Labute approximate surface area is 180 Å². The fourth-order valence-electron chi connectivity index (χ4n) is 3.89. The summed E-state index contributed by atoms with van der Waals surface area (Å²) in [5, 5.41) is 14.6. The van der Waals surface area contributed by atoms with Gasteiger partial charge in [-0.3, -0.25) is 19.4 Å². The van der Waals surface area contributed by atoms with Gasteiger partial charge in [0.15, 0.2) is 0 Å². The molecule has 0 aliphatic carbocycles. The zero-order valence-electron chi connectivity index (χ0n) is 16.5. The number of hydrogen-bond acceptors (Lipinski definition) is 5. The highest BCUT2D eigenvalue weighted by molar-refractivity contribution is 6.02. The number of carbonyl (C=O) groups is 2. The Hall–Kier alpha value is -3.49. The lowest BCUT2D eigenvalue weighted by molar-refractivity contribution is -0.137. The first-order valence-corrected chi connectivity index (χ1v) is 9.64. The normalized spacial score (nSPS) is 21.2. The van der Waals surface area contributed by atoms with Gasteiger partial charge in [0.2, 0.25) is 11.8 Å². The Morgan fingerprint density at radius 2 is 1.88 bits per heavy atom. The molecule has 0 radical (unpaired) electrons. The van der Waals surface area contributed by atoms with Gasteiger partial charge in [0.1, 0.15) is 17.9 Å². The van der Waals surface area contributed by atoms with Gasteiger partial charge in [-0.05, 0) is 42.5 Å². The molecule has 2 unspecified atom stereocenters. The van der Waals surface area contributed by atoms with Crippen LogP contribution in [0.5, 0.6) is 0 Å². The smallest absolute Gasteiger partial charge is 0.325 e. The minimum atomic E-state index is -4.75. The molecule has 2 saturated heterocycles. The van der Waals surface area contributed by atoms with Gasteiger partial charge < -0.3 is 10.6 Å². The van der Waals surface area contributed by atoms with Gasteiger partial charge >= 0.3 is 6.18 Å². The van der Waals surface area contributed by atoms with E-state index in [-0.39, 0.29) is 25.4 Å². The van der Waals surface area contributed by atoms with Crippen LogP contribution >= 0.6 is 0 Å². The first kappa shape index (κ1) is 21.7. The molecule has 2 N–H and O–H groups in total. The molecule has 2 aromatic carbocycles. The SMILES string of the molecule is N#Cc1ccc(N2CN3C(C(=O)Nc4ccc(F)cc4)CNCC3C2=O)cc1C(F)(F)F. The summed E-state index contributed by atoms with van der Waals surface area (Å²) >= 11 is 0. The molecule has 166 valence electrons. The van der Waals surface area contributed by atoms with Crippen LogP contribution in [0.1, 0.15) is 11.1 Å². The molecule has 0 saturated carbocycles. The topological polar surface area (TPSA) is 88.5 Å². The Bertz CT molecular complexity index is 1100. The predicted molar refractivity (Wildman–Crippen MR) is 106 cm³/mol. The molecule has 0 aromatic heterocycles. The van der Waals surface area contributed by atoms with Gasteiger partial charge in [-0.1, -0.05) is 0 Å². The fraction of sp³-hybridized carbons (Fsp3) is 0.286. The largest absolute Gasteiger partial charge is 0.417 e. The molecule has 2 aliphatic heterocycles. The summed E-state index contributed by atoms with van der Waals surface area (Å²) < 4.78 is 53.1. The Morgan fingerprint density at radius 3 is 2.53 bits per heavy atom. The average molecular weight is 447 g/mol. The third-order valence-electron chi connectivity index (χ3n) is 5.49. The molecule has 11 heteroatoms. The lowest BCUT2D eigenvalue weighted by atomic mass is 10.1. The second-order valence-electron chi connectivity index (χ2n) is 7.45. The van der Waals surface area contributed by atoms with Gasteiger partial charge in [-0.15, -0.1) is 0 Å². The van der Waals surface area contributed by atoms with Crippen molar-refractivity contribution >= 4 is 23.2 Å². The summed E-state index contributed by atoms with van der Waals surface area (Å²) in [6.07, 6.45) is -4.75. The molecule has 2 heterocycles. The first-order chi connectivity index (χ1) is 15.2. The number of rotatable bonds is 3. The maximum Gasteiger partial charge on any atom is 0.417 e. The van der Waals surface area contributed by atoms with Gasteiger partial charge in [0.25, 0.3) is 0 Å². The Balaban J connectivity index is 1.58. The average Bonchev–Trinajstić information content (AvgIpc) is 3.11. The van der Waals surface area contributed by atoms with E-state index in [1.807, 2.05) is 0 Å². The maximum absolute atomic E-state index is 13.3. The van der Waals surface area contributed by atoms with Crippen LogP contribution < -0.4 is 15.5 Å². The second-order valence-corrected chi connectivity index (χ2v) is 7.45. The molecular formula is C21H17F4N5O2. The van der Waals surface area contributed by atoms with E-state index in [1.165, 1.54) is 41.3 Å². The van der Waals surface area contributed by atoms with Crippen molar-refractivity contribution in [3.05, 3.63) is 59.4 Å². The van der Waals surface area contributed by atoms with Crippen molar-refractivity contribution in [3.8, 4) is 6.07 Å². The van der Waals surface area contributed by atoms with Crippen LogP contribution in [-0.2, 0) is 15.8 Å². The van der Waals surface area contributed by atoms with Gasteiger partial charge in [-0.25, -0.2) is 4.39 Å². The van der Waals surface area contributed by atoms with Gasteiger partial charge in [0, 0.05) is 24.5 Å². The van der Waals surface area contributed by atoms with E-state index < -0.39 is 47.0 Å². The van der Waals surface area contributed by atoms with Gasteiger partial charge in [-0.2, -0.15) is 18.4 Å². The molecule has 2 aromatic rings. The van der Waals surface area contributed by atoms with Crippen LogP contribution in [0.2, 0.25) is 0 Å². The number of nitrogens with one attached hydrogen (secondary N) is 2. The minimum absolute atomic E-state index is 0.00609. The molecule has 32 heavy (non-hydrogen) atoms. The third-order valence-corrected chi connectivity index (χ3v) is 5.49. The van der Waals surface area contributed by atoms with Crippen molar-refractivity contribution in [1.82, 2.24) is 10.2 Å².